The lowest BCUT2D eigenvalue weighted by atomic mass is 10.3. The van der Waals surface area contributed by atoms with E-state index in [1.165, 1.54) is 12.1 Å². The highest BCUT2D eigenvalue weighted by Crippen LogP contribution is 2.34. The molecule has 0 bridgehead atoms. The van der Waals surface area contributed by atoms with E-state index < -0.39 is 16.4 Å². The highest BCUT2D eigenvalue weighted by atomic mass is 79.9. The molecule has 0 saturated heterocycles. The lowest BCUT2D eigenvalue weighted by Crippen LogP contribution is -2.06. The summed E-state index contributed by atoms with van der Waals surface area (Å²) in [5, 5.41) is 17.1. The second-order valence-corrected chi connectivity index (χ2v) is 6.89. The van der Waals surface area contributed by atoms with Gasteiger partial charge in [0, 0.05) is 14.6 Å². The van der Waals surface area contributed by atoms with E-state index in [0.29, 0.717) is 10.2 Å². The number of anilines is 4. The Morgan fingerprint density at radius 3 is 2.19 bits per heavy atom. The number of halogens is 3. The van der Waals surface area contributed by atoms with Gasteiger partial charge < -0.3 is 10.6 Å². The Hall–Kier alpha value is -2.59. The number of hydrogen-bond donors (Lipinski definition) is 2. The van der Waals surface area contributed by atoms with E-state index in [1.54, 1.807) is 30.3 Å². The van der Waals surface area contributed by atoms with Crippen molar-refractivity contribution in [3.63, 3.8) is 0 Å². The van der Waals surface area contributed by atoms with Crippen LogP contribution in [-0.4, -0.2) is 14.9 Å². The molecule has 0 fully saturated rings. The van der Waals surface area contributed by atoms with Crippen LogP contribution in [0.1, 0.15) is 0 Å². The summed E-state index contributed by atoms with van der Waals surface area (Å²) in [6.07, 6.45) is 1.16. The van der Waals surface area contributed by atoms with Crippen LogP contribution in [0.3, 0.4) is 0 Å². The average Bonchev–Trinajstić information content (AvgIpc) is 2.59. The first kappa shape index (κ1) is 18.2. The molecule has 0 spiro atoms. The van der Waals surface area contributed by atoms with Gasteiger partial charge in [-0.3, -0.25) is 10.1 Å². The van der Waals surface area contributed by atoms with Gasteiger partial charge in [-0.25, -0.2) is 14.4 Å². The van der Waals surface area contributed by atoms with Crippen LogP contribution in [0, 0.1) is 15.9 Å². The number of nitro groups is 1. The van der Waals surface area contributed by atoms with Crippen LogP contribution in [0.25, 0.3) is 0 Å². The molecule has 3 rings (SSSR count). The van der Waals surface area contributed by atoms with Gasteiger partial charge in [-0.05, 0) is 42.5 Å². The Bertz CT molecular complexity index is 969. The summed E-state index contributed by atoms with van der Waals surface area (Å²) in [7, 11) is 0. The van der Waals surface area contributed by atoms with Crippen molar-refractivity contribution < 1.29 is 9.31 Å². The molecule has 2 aromatic carbocycles. The number of benzene rings is 2. The standard InChI is InChI=1S/C16H10Br2FN5O2/c17-9-1-4-11(5-2-9)22-15-14(24(25)26)16(21-8-20-15)23-13-6-3-10(18)7-12(13)19/h1-8H,(H2,20,21,22,23). The molecule has 0 aliphatic heterocycles. The minimum atomic E-state index is -0.625. The van der Waals surface area contributed by atoms with Gasteiger partial charge in [0.05, 0.1) is 10.6 Å². The number of nitrogens with one attached hydrogen (secondary N) is 2. The van der Waals surface area contributed by atoms with E-state index in [1.807, 2.05) is 0 Å². The Kier molecular flexibility index (Phi) is 5.43. The van der Waals surface area contributed by atoms with Crippen molar-refractivity contribution in [1.29, 1.82) is 0 Å². The fourth-order valence-electron chi connectivity index (χ4n) is 2.12. The number of hydrogen-bond acceptors (Lipinski definition) is 6. The van der Waals surface area contributed by atoms with E-state index >= 15 is 0 Å². The fraction of sp³-hybridized carbons (Fsp3) is 0. The molecule has 0 aliphatic rings. The van der Waals surface area contributed by atoms with Crippen LogP contribution in [0.4, 0.5) is 33.1 Å². The Balaban J connectivity index is 1.98. The number of nitrogens with zero attached hydrogens (tertiary/aromatic N) is 3. The van der Waals surface area contributed by atoms with Crippen molar-refractivity contribution >= 4 is 60.6 Å². The molecule has 0 saturated carbocycles. The molecule has 1 heterocycles. The van der Waals surface area contributed by atoms with Crippen LogP contribution in [0.2, 0.25) is 0 Å². The highest BCUT2D eigenvalue weighted by molar-refractivity contribution is 9.10. The molecule has 0 radical (unpaired) electrons. The van der Waals surface area contributed by atoms with Crippen LogP contribution >= 0.6 is 31.9 Å². The Morgan fingerprint density at radius 1 is 0.962 bits per heavy atom. The molecule has 2 N–H and O–H groups in total. The van der Waals surface area contributed by atoms with Gasteiger partial charge in [0.2, 0.25) is 11.6 Å². The molecule has 0 unspecified atom stereocenters. The third-order valence-corrected chi connectivity index (χ3v) is 4.32. The first-order chi connectivity index (χ1) is 12.4. The summed E-state index contributed by atoms with van der Waals surface area (Å²) < 4.78 is 15.4. The van der Waals surface area contributed by atoms with Crippen molar-refractivity contribution in [2.75, 3.05) is 10.6 Å². The van der Waals surface area contributed by atoms with Gasteiger partial charge in [-0.15, -0.1) is 0 Å². The zero-order valence-electron chi connectivity index (χ0n) is 12.9. The first-order valence-electron chi connectivity index (χ1n) is 7.18. The largest absolute Gasteiger partial charge is 0.353 e. The van der Waals surface area contributed by atoms with Crippen molar-refractivity contribution in [3.8, 4) is 0 Å². The maximum atomic E-state index is 14.0. The molecule has 26 heavy (non-hydrogen) atoms. The highest BCUT2D eigenvalue weighted by Gasteiger charge is 2.24. The van der Waals surface area contributed by atoms with Crippen molar-refractivity contribution in [2.24, 2.45) is 0 Å². The topological polar surface area (TPSA) is 93.0 Å². The van der Waals surface area contributed by atoms with E-state index in [0.717, 1.165) is 10.8 Å². The van der Waals surface area contributed by atoms with Gasteiger partial charge in [0.25, 0.3) is 0 Å². The van der Waals surface area contributed by atoms with Gasteiger partial charge in [0.1, 0.15) is 12.1 Å². The second-order valence-electron chi connectivity index (χ2n) is 5.06. The van der Waals surface area contributed by atoms with Crippen molar-refractivity contribution in [2.45, 2.75) is 0 Å². The van der Waals surface area contributed by atoms with E-state index in [-0.39, 0.29) is 17.3 Å². The fourth-order valence-corrected chi connectivity index (χ4v) is 2.72. The maximum absolute atomic E-state index is 14.0. The quantitative estimate of drug-likeness (QED) is 0.366. The smallest absolute Gasteiger partial charge is 0.334 e. The van der Waals surface area contributed by atoms with Gasteiger partial charge in [-0.2, -0.15) is 0 Å². The summed E-state index contributed by atoms with van der Waals surface area (Å²) in [6.45, 7) is 0. The summed E-state index contributed by atoms with van der Waals surface area (Å²) >= 11 is 6.48. The molecule has 7 nitrogen and oxygen atoms in total. The first-order valence-corrected chi connectivity index (χ1v) is 8.76. The lowest BCUT2D eigenvalue weighted by molar-refractivity contribution is -0.383. The minimum Gasteiger partial charge on any atom is -0.334 e. The third-order valence-electron chi connectivity index (χ3n) is 3.30. The maximum Gasteiger partial charge on any atom is 0.353 e. The van der Waals surface area contributed by atoms with Gasteiger partial charge in [-0.1, -0.05) is 31.9 Å². The predicted octanol–water partition coefficient (Wildman–Crippen LogP) is 5.54. The van der Waals surface area contributed by atoms with Crippen molar-refractivity contribution in [1.82, 2.24) is 9.97 Å². The normalized spacial score (nSPS) is 10.4. The van der Waals surface area contributed by atoms with E-state index in [9.17, 15) is 14.5 Å². The summed E-state index contributed by atoms with van der Waals surface area (Å²) in [4.78, 5) is 18.8. The minimum absolute atomic E-state index is 0.00709. The van der Waals surface area contributed by atoms with Crippen LogP contribution in [0.5, 0.6) is 0 Å². The predicted molar refractivity (Wildman–Crippen MR) is 103 cm³/mol. The molecule has 0 amide bonds. The Morgan fingerprint density at radius 2 is 1.58 bits per heavy atom. The molecule has 10 heteroatoms. The van der Waals surface area contributed by atoms with E-state index in [4.69, 9.17) is 0 Å². The summed E-state index contributed by atoms with van der Waals surface area (Å²) in [5.41, 5.74) is 0.276. The zero-order valence-corrected chi connectivity index (χ0v) is 16.1. The summed E-state index contributed by atoms with van der Waals surface area (Å²) in [5.74, 6) is -0.701. The molecular weight excluding hydrogens is 473 g/mol. The SMILES string of the molecule is O=[N+]([O-])c1c(Nc2ccc(Br)cc2)ncnc1Nc1ccc(Br)cc1F. The van der Waals surface area contributed by atoms with Crippen molar-refractivity contribution in [3.05, 3.63) is 73.7 Å². The molecule has 1 aromatic heterocycles. The molecule has 3 aromatic rings. The lowest BCUT2D eigenvalue weighted by Gasteiger charge is -2.11. The Labute approximate surface area is 164 Å². The van der Waals surface area contributed by atoms with Gasteiger partial charge >= 0.3 is 5.69 Å². The monoisotopic (exact) mass is 481 g/mol. The second kappa shape index (κ2) is 7.75. The molecule has 132 valence electrons. The van der Waals surface area contributed by atoms with Crippen LogP contribution in [0.15, 0.2) is 57.7 Å². The third kappa shape index (κ3) is 4.14. The number of rotatable bonds is 5. The summed E-state index contributed by atoms with van der Waals surface area (Å²) in [6, 6.07) is 11.3. The molecule has 0 atom stereocenters. The number of aromatic nitrogens is 2. The average molecular weight is 483 g/mol. The van der Waals surface area contributed by atoms with Gasteiger partial charge in [0.15, 0.2) is 0 Å². The molecule has 0 aliphatic carbocycles. The molecular formula is C16H10Br2FN5O2. The zero-order chi connectivity index (χ0) is 18.7. The van der Waals surface area contributed by atoms with Crippen LogP contribution < -0.4 is 10.6 Å². The van der Waals surface area contributed by atoms with Crippen LogP contribution in [-0.2, 0) is 0 Å². The van der Waals surface area contributed by atoms with E-state index in [2.05, 4.69) is 52.5 Å².